The first-order chi connectivity index (χ1) is 26.9. The number of rotatable bonds is 14. The van der Waals surface area contributed by atoms with Gasteiger partial charge in [-0.15, -0.1) is 0 Å². The number of ether oxygens (including phenoxy) is 3. The SMILES string of the molecule is CCCN(C)c1ccc(C(=CC2(C=C(c3ccc(OC)cc3)c3ccc(N(C)CCC)cc3)OC(=O)c3c(Cl)c(Cl)c(Cl)c(Cl)c32)c2ccc(OC)cc2)cc1. The molecule has 0 aliphatic carbocycles. The molecule has 0 fully saturated rings. The summed E-state index contributed by atoms with van der Waals surface area (Å²) in [7, 11) is 7.40. The van der Waals surface area contributed by atoms with E-state index in [9.17, 15) is 4.79 Å². The second kappa shape index (κ2) is 17.7. The van der Waals surface area contributed by atoms with Gasteiger partial charge in [0, 0.05) is 44.1 Å². The average molecular weight is 831 g/mol. The van der Waals surface area contributed by atoms with Crippen LogP contribution in [0, 0.1) is 0 Å². The zero-order valence-electron chi connectivity index (χ0n) is 32.3. The van der Waals surface area contributed by atoms with Gasteiger partial charge in [-0.3, -0.25) is 0 Å². The van der Waals surface area contributed by atoms with Crippen LogP contribution in [0.2, 0.25) is 20.1 Å². The monoisotopic (exact) mass is 828 g/mol. The van der Waals surface area contributed by atoms with Gasteiger partial charge < -0.3 is 24.0 Å². The molecule has 0 atom stereocenters. The molecule has 0 amide bonds. The Bertz CT molecular complexity index is 2140. The van der Waals surface area contributed by atoms with E-state index in [1.54, 1.807) is 14.2 Å². The van der Waals surface area contributed by atoms with Gasteiger partial charge in [-0.2, -0.15) is 0 Å². The fraction of sp³-hybridized carbons (Fsp3) is 0.239. The van der Waals surface area contributed by atoms with Crippen molar-refractivity contribution in [2.45, 2.75) is 32.3 Å². The van der Waals surface area contributed by atoms with Crippen molar-refractivity contribution in [2.75, 3.05) is 51.2 Å². The lowest BCUT2D eigenvalue weighted by Gasteiger charge is -2.28. The second-order valence-corrected chi connectivity index (χ2v) is 15.2. The first-order valence-electron chi connectivity index (χ1n) is 18.4. The number of benzene rings is 5. The van der Waals surface area contributed by atoms with E-state index in [-0.39, 0.29) is 25.7 Å². The van der Waals surface area contributed by atoms with Crippen LogP contribution in [-0.2, 0) is 10.3 Å². The summed E-state index contributed by atoms with van der Waals surface area (Å²) < 4.78 is 17.6. The Kier molecular flexibility index (Phi) is 13.0. The second-order valence-electron chi connectivity index (χ2n) is 13.7. The minimum Gasteiger partial charge on any atom is -0.497 e. The minimum absolute atomic E-state index is 0.0187. The maximum absolute atomic E-state index is 14.2. The van der Waals surface area contributed by atoms with Gasteiger partial charge in [0.25, 0.3) is 0 Å². The Morgan fingerprint density at radius 1 is 0.589 bits per heavy atom. The Hall–Kier alpha value is -4.59. The third-order valence-electron chi connectivity index (χ3n) is 10.00. The van der Waals surface area contributed by atoms with Crippen LogP contribution in [0.1, 0.15) is 64.9 Å². The predicted octanol–water partition coefficient (Wildman–Crippen LogP) is 12.6. The summed E-state index contributed by atoms with van der Waals surface area (Å²) in [4.78, 5) is 18.6. The number of halogens is 4. The molecule has 0 N–H and O–H groups in total. The molecule has 6 rings (SSSR count). The fourth-order valence-corrected chi connectivity index (χ4v) is 8.12. The number of nitrogens with zero attached hydrogens (tertiary/aromatic N) is 2. The Labute approximate surface area is 349 Å². The van der Waals surface area contributed by atoms with Crippen molar-refractivity contribution in [3.63, 3.8) is 0 Å². The highest BCUT2D eigenvalue weighted by Gasteiger charge is 2.48. The summed E-state index contributed by atoms with van der Waals surface area (Å²) in [6, 6.07) is 32.0. The van der Waals surface area contributed by atoms with Crippen LogP contribution >= 0.6 is 46.4 Å². The number of carbonyl (C=O) groups is 1. The number of methoxy groups -OCH3 is 2. The summed E-state index contributed by atoms with van der Waals surface area (Å²) in [5.41, 5.74) is 5.80. The van der Waals surface area contributed by atoms with Gasteiger partial charge >= 0.3 is 5.97 Å². The molecule has 56 heavy (non-hydrogen) atoms. The summed E-state index contributed by atoms with van der Waals surface area (Å²) >= 11 is 27.4. The lowest BCUT2D eigenvalue weighted by atomic mass is 9.83. The van der Waals surface area contributed by atoms with Crippen LogP contribution in [0.3, 0.4) is 0 Å². The zero-order chi connectivity index (χ0) is 40.1. The Balaban J connectivity index is 1.70. The molecule has 1 aliphatic heterocycles. The number of fused-ring (bicyclic) bond motifs is 1. The van der Waals surface area contributed by atoms with Crippen molar-refractivity contribution in [2.24, 2.45) is 0 Å². The molecular formula is C46H44Cl4N2O4. The van der Waals surface area contributed by atoms with E-state index in [2.05, 4.69) is 86.3 Å². The molecule has 1 aliphatic rings. The van der Waals surface area contributed by atoms with Crippen LogP contribution in [0.25, 0.3) is 11.1 Å². The quantitative estimate of drug-likeness (QED) is 0.0631. The number of cyclic esters (lactones) is 1. The first kappa shape index (κ1) is 41.1. The average Bonchev–Trinajstić information content (AvgIpc) is 3.52. The molecule has 1 heterocycles. The van der Waals surface area contributed by atoms with E-state index in [0.29, 0.717) is 17.1 Å². The molecule has 0 saturated heterocycles. The maximum Gasteiger partial charge on any atom is 0.341 e. The molecule has 0 unspecified atom stereocenters. The summed E-state index contributed by atoms with van der Waals surface area (Å²) in [6.45, 7) is 6.13. The molecule has 0 aromatic heterocycles. The predicted molar refractivity (Wildman–Crippen MR) is 234 cm³/mol. The van der Waals surface area contributed by atoms with Gasteiger partial charge in [-0.25, -0.2) is 4.79 Å². The highest BCUT2D eigenvalue weighted by molar-refractivity contribution is 6.53. The Morgan fingerprint density at radius 2 is 0.946 bits per heavy atom. The standard InChI is InChI=1S/C46H44Cl4N2O4/c1-7-25-51(3)33-17-9-29(10-18-33)37(31-13-21-35(54-5)22-14-31)27-46(40-39(45(53)56-46)41(47)43(49)44(50)42(40)48)28-38(32-15-23-36(55-6)24-16-32)30-11-19-34(20-12-30)52(4)26-8-2/h9-24,27-28H,7-8,25-26H2,1-6H3. The van der Waals surface area contributed by atoms with E-state index in [1.165, 1.54) is 0 Å². The minimum atomic E-state index is -1.64. The molecule has 0 radical (unpaired) electrons. The lowest BCUT2D eigenvalue weighted by Crippen LogP contribution is -2.23. The summed E-state index contributed by atoms with van der Waals surface area (Å²) in [5.74, 6) is 0.708. The third kappa shape index (κ3) is 8.26. The van der Waals surface area contributed by atoms with Crippen LogP contribution in [0.15, 0.2) is 109 Å². The largest absolute Gasteiger partial charge is 0.497 e. The highest BCUT2D eigenvalue weighted by Crippen LogP contribution is 2.53. The van der Waals surface area contributed by atoms with Gasteiger partial charge in [0.05, 0.1) is 39.9 Å². The molecule has 0 saturated carbocycles. The molecule has 6 nitrogen and oxygen atoms in total. The fourth-order valence-electron chi connectivity index (χ4n) is 7.05. The van der Waals surface area contributed by atoms with Gasteiger partial charge in [0.1, 0.15) is 11.5 Å². The van der Waals surface area contributed by atoms with Crippen molar-refractivity contribution in [1.29, 1.82) is 0 Å². The van der Waals surface area contributed by atoms with E-state index in [0.717, 1.165) is 70.7 Å². The molecular weight excluding hydrogens is 786 g/mol. The van der Waals surface area contributed by atoms with E-state index < -0.39 is 11.6 Å². The van der Waals surface area contributed by atoms with Crippen LogP contribution in [-0.4, -0.2) is 47.4 Å². The maximum atomic E-state index is 14.2. The van der Waals surface area contributed by atoms with Crippen LogP contribution in [0.5, 0.6) is 11.5 Å². The normalized spacial score (nSPS) is 15.4. The van der Waals surface area contributed by atoms with E-state index in [1.807, 2.05) is 60.7 Å². The third-order valence-corrected chi connectivity index (χ3v) is 11.8. The van der Waals surface area contributed by atoms with Crippen LogP contribution < -0.4 is 19.3 Å². The number of hydrogen-bond donors (Lipinski definition) is 0. The molecule has 5 aromatic carbocycles. The van der Waals surface area contributed by atoms with Crippen LogP contribution in [0.4, 0.5) is 11.4 Å². The van der Waals surface area contributed by atoms with Crippen molar-refractivity contribution in [3.05, 3.63) is 163 Å². The van der Waals surface area contributed by atoms with E-state index >= 15 is 0 Å². The topological polar surface area (TPSA) is 51.2 Å². The lowest BCUT2D eigenvalue weighted by molar-refractivity contribution is 0.0300. The van der Waals surface area contributed by atoms with Crippen molar-refractivity contribution in [1.82, 2.24) is 0 Å². The highest BCUT2D eigenvalue weighted by atomic mass is 35.5. The molecule has 0 spiro atoms. The first-order valence-corrected chi connectivity index (χ1v) is 19.9. The van der Waals surface area contributed by atoms with Gasteiger partial charge in [-0.1, -0.05) is 109 Å². The van der Waals surface area contributed by atoms with Crippen molar-refractivity contribution < 1.29 is 19.0 Å². The summed E-state index contributed by atoms with van der Waals surface area (Å²) in [6.07, 6.45) is 5.87. The molecule has 0 bridgehead atoms. The molecule has 5 aromatic rings. The van der Waals surface area contributed by atoms with Crippen molar-refractivity contribution in [3.8, 4) is 11.5 Å². The van der Waals surface area contributed by atoms with Gasteiger partial charge in [0.15, 0.2) is 5.60 Å². The smallest absolute Gasteiger partial charge is 0.341 e. The Morgan fingerprint density at radius 3 is 1.30 bits per heavy atom. The molecule has 10 heteroatoms. The molecule has 290 valence electrons. The van der Waals surface area contributed by atoms with Gasteiger partial charge in [-0.05, 0) is 107 Å². The van der Waals surface area contributed by atoms with E-state index in [4.69, 9.17) is 60.6 Å². The summed E-state index contributed by atoms with van der Waals surface area (Å²) in [5, 5.41) is 0.0197. The van der Waals surface area contributed by atoms with Crippen molar-refractivity contribution >= 4 is 74.9 Å². The number of esters is 1. The number of anilines is 2. The zero-order valence-corrected chi connectivity index (χ0v) is 35.3. The number of hydrogen-bond acceptors (Lipinski definition) is 6. The number of carbonyl (C=O) groups excluding carboxylic acids is 1. The van der Waals surface area contributed by atoms with Gasteiger partial charge in [0.2, 0.25) is 0 Å².